The van der Waals surface area contributed by atoms with Crippen LogP contribution in [-0.4, -0.2) is 8.39 Å². The van der Waals surface area contributed by atoms with Gasteiger partial charge in [0.1, 0.15) is 0 Å². The van der Waals surface area contributed by atoms with Crippen molar-refractivity contribution in [1.29, 1.82) is 0 Å². The van der Waals surface area contributed by atoms with E-state index in [0.29, 0.717) is 0 Å². The molecule has 6 heteroatoms. The predicted octanol–water partition coefficient (Wildman–Crippen LogP) is 17.3. The van der Waals surface area contributed by atoms with E-state index in [4.69, 9.17) is 24.4 Å². The topological polar surface area (TPSA) is 0 Å². The smallest absolute Gasteiger partial charge is 0.0991 e. The maximum absolute atomic E-state index is 5.91. The van der Waals surface area contributed by atoms with Gasteiger partial charge in [0, 0.05) is 0 Å². The second-order valence-electron chi connectivity index (χ2n) is 14.0. The Labute approximate surface area is 325 Å². The average molecular weight is 767 g/mol. The number of hydrogen-bond donors (Lipinski definition) is 0. The molecule has 0 spiro atoms. The minimum atomic E-state index is 1.00. The van der Waals surface area contributed by atoms with E-state index in [-0.39, 0.29) is 0 Å². The average Bonchev–Trinajstić information content (AvgIpc) is 3.77. The highest BCUT2D eigenvalue weighted by atomic mass is 33.1. The van der Waals surface area contributed by atoms with Crippen LogP contribution in [0.3, 0.4) is 0 Å². The zero-order valence-corrected chi connectivity index (χ0v) is 35.9. The molecule has 48 heavy (non-hydrogen) atoms. The Kier molecular flexibility index (Phi) is 29.6. The third-order valence-corrected chi connectivity index (χ3v) is 15.7. The first kappa shape index (κ1) is 44.4. The summed E-state index contributed by atoms with van der Waals surface area (Å²) >= 11 is 15.4. The van der Waals surface area contributed by atoms with E-state index in [1.807, 2.05) is 22.7 Å². The summed E-state index contributed by atoms with van der Waals surface area (Å²) in [5.74, 6) is 0. The molecule has 2 rings (SSSR count). The van der Waals surface area contributed by atoms with Crippen LogP contribution in [0.2, 0.25) is 0 Å². The lowest BCUT2D eigenvalue weighted by molar-refractivity contribution is 0.535. The molecule has 0 aromatic carbocycles. The maximum Gasteiger partial charge on any atom is 0.0991 e. The summed E-state index contributed by atoms with van der Waals surface area (Å²) in [5.41, 5.74) is 2.88. The monoisotopic (exact) mass is 766 g/mol. The largest absolute Gasteiger partial charge is 0.142 e. The van der Waals surface area contributed by atoms with Crippen LogP contribution in [0.4, 0.5) is 0 Å². The summed E-state index contributed by atoms with van der Waals surface area (Å²) < 4.78 is 2.01. The van der Waals surface area contributed by atoms with Gasteiger partial charge in [0.15, 0.2) is 0 Å². The van der Waals surface area contributed by atoms with Gasteiger partial charge in [-0.2, -0.15) is 0 Å². The first-order chi connectivity index (χ1) is 23.7. The Morgan fingerprint density at radius 3 is 0.938 bits per heavy atom. The standard InChI is InChI=1S/C42H70S6/c1-3-5-7-9-11-13-15-17-19-21-23-25-27-29-31-37-33-35-45-39(37)41(43)47-48-42(44)40-38(34-36-46-40)32-30-28-26-24-22-20-18-16-14-12-10-8-6-4-2/h33-36H,3-32H2,1-2H3. The van der Waals surface area contributed by atoms with E-state index < -0.39 is 0 Å². The molecule has 0 aliphatic heterocycles. The summed E-state index contributed by atoms with van der Waals surface area (Å²) in [6, 6.07) is 4.60. The minimum Gasteiger partial charge on any atom is -0.142 e. The molecular formula is C42H70S6. The van der Waals surface area contributed by atoms with Crippen molar-refractivity contribution in [1.82, 2.24) is 0 Å². The van der Waals surface area contributed by atoms with Crippen LogP contribution in [0.1, 0.15) is 215 Å². The summed E-state index contributed by atoms with van der Waals surface area (Å²) in [7, 11) is 3.40. The fourth-order valence-electron chi connectivity index (χ4n) is 6.59. The highest BCUT2D eigenvalue weighted by Crippen LogP contribution is 2.37. The van der Waals surface area contributed by atoms with Crippen LogP contribution in [0.15, 0.2) is 22.9 Å². The van der Waals surface area contributed by atoms with Gasteiger partial charge in [-0.15, -0.1) is 22.7 Å². The van der Waals surface area contributed by atoms with Gasteiger partial charge in [-0.05, 0) is 81.3 Å². The Hall–Kier alpha value is 0.280. The van der Waals surface area contributed by atoms with Gasteiger partial charge in [0.05, 0.1) is 18.1 Å². The molecule has 0 saturated carbocycles. The lowest BCUT2D eigenvalue weighted by atomic mass is 10.0. The van der Waals surface area contributed by atoms with E-state index in [9.17, 15) is 0 Å². The van der Waals surface area contributed by atoms with E-state index in [2.05, 4.69) is 36.7 Å². The first-order valence-corrected chi connectivity index (χ1v) is 25.0. The summed E-state index contributed by atoms with van der Waals surface area (Å²) in [5, 5.41) is 4.44. The van der Waals surface area contributed by atoms with Crippen molar-refractivity contribution >= 4 is 77.1 Å². The number of unbranched alkanes of at least 4 members (excludes halogenated alkanes) is 26. The van der Waals surface area contributed by atoms with Crippen molar-refractivity contribution in [2.45, 2.75) is 206 Å². The van der Waals surface area contributed by atoms with Crippen molar-refractivity contribution in [3.8, 4) is 0 Å². The number of aryl methyl sites for hydroxylation is 2. The number of thiophene rings is 2. The van der Waals surface area contributed by atoms with Crippen molar-refractivity contribution in [3.05, 3.63) is 43.8 Å². The van der Waals surface area contributed by atoms with E-state index in [1.165, 1.54) is 201 Å². The van der Waals surface area contributed by atoms with Gasteiger partial charge in [0.2, 0.25) is 0 Å². The highest BCUT2D eigenvalue weighted by Gasteiger charge is 2.15. The van der Waals surface area contributed by atoms with Crippen LogP contribution < -0.4 is 0 Å². The maximum atomic E-state index is 5.91. The van der Waals surface area contributed by atoms with Crippen molar-refractivity contribution in [2.24, 2.45) is 0 Å². The van der Waals surface area contributed by atoms with Crippen molar-refractivity contribution in [3.63, 3.8) is 0 Å². The second kappa shape index (κ2) is 32.0. The molecule has 0 amide bonds. The van der Waals surface area contributed by atoms with Crippen LogP contribution in [0.25, 0.3) is 0 Å². The molecule has 0 atom stereocenters. The van der Waals surface area contributed by atoms with Gasteiger partial charge in [-0.1, -0.05) is 205 Å². The van der Waals surface area contributed by atoms with Gasteiger partial charge in [-0.3, -0.25) is 0 Å². The molecule has 0 fully saturated rings. The number of hydrogen-bond acceptors (Lipinski definition) is 6. The third kappa shape index (κ3) is 22.3. The first-order valence-electron chi connectivity index (χ1n) is 20.2. The molecular weight excluding hydrogens is 697 g/mol. The van der Waals surface area contributed by atoms with Crippen LogP contribution in [0, 0.1) is 0 Å². The Balaban J connectivity index is 1.50. The molecule has 0 nitrogen and oxygen atoms in total. The lowest BCUT2D eigenvalue weighted by Crippen LogP contribution is -1.96. The molecule has 2 aromatic rings. The van der Waals surface area contributed by atoms with Gasteiger partial charge in [0.25, 0.3) is 0 Å². The third-order valence-electron chi connectivity index (χ3n) is 9.66. The molecule has 0 radical (unpaired) electrons. The SMILES string of the molecule is CCCCCCCCCCCCCCCCc1ccsc1C(=S)SSC(=S)c1sccc1CCCCCCCCCCCCCCCC. The molecule has 0 unspecified atom stereocenters. The Morgan fingerprint density at radius 2 is 0.667 bits per heavy atom. The minimum absolute atomic E-state index is 1.00. The van der Waals surface area contributed by atoms with E-state index in [0.717, 1.165) is 21.2 Å². The van der Waals surface area contributed by atoms with Crippen molar-refractivity contribution in [2.75, 3.05) is 0 Å². The quantitative estimate of drug-likeness (QED) is 0.0413. The normalized spacial score (nSPS) is 11.5. The lowest BCUT2D eigenvalue weighted by Gasteiger charge is -2.08. The van der Waals surface area contributed by atoms with E-state index >= 15 is 0 Å². The van der Waals surface area contributed by atoms with Gasteiger partial charge >= 0.3 is 0 Å². The summed E-state index contributed by atoms with van der Waals surface area (Å²) in [6.07, 6.45) is 41.7. The van der Waals surface area contributed by atoms with Crippen molar-refractivity contribution < 1.29 is 0 Å². The molecule has 0 aliphatic carbocycles. The molecule has 0 bridgehead atoms. The van der Waals surface area contributed by atoms with E-state index in [1.54, 1.807) is 21.6 Å². The molecule has 0 aliphatic rings. The van der Waals surface area contributed by atoms with Gasteiger partial charge in [-0.25, -0.2) is 0 Å². The highest BCUT2D eigenvalue weighted by molar-refractivity contribution is 8.90. The predicted molar refractivity (Wildman–Crippen MR) is 235 cm³/mol. The molecule has 0 N–H and O–H groups in total. The van der Waals surface area contributed by atoms with Crippen LogP contribution in [-0.2, 0) is 12.8 Å². The zero-order valence-electron chi connectivity index (χ0n) is 31.0. The van der Waals surface area contributed by atoms with Crippen LogP contribution in [0.5, 0.6) is 0 Å². The molecule has 2 heterocycles. The second-order valence-corrected chi connectivity index (χ2v) is 19.3. The summed E-state index contributed by atoms with van der Waals surface area (Å²) in [4.78, 5) is 2.60. The molecule has 2 aromatic heterocycles. The number of rotatable bonds is 32. The fourth-order valence-corrected chi connectivity index (χ4v) is 11.7. The zero-order chi connectivity index (χ0) is 34.3. The Bertz CT molecular complexity index is 954. The fraction of sp³-hybridized carbons (Fsp3) is 0.762. The van der Waals surface area contributed by atoms with Gasteiger partial charge < -0.3 is 0 Å². The molecule has 0 saturated heterocycles. The van der Waals surface area contributed by atoms with Crippen LogP contribution >= 0.6 is 68.7 Å². The number of thiocarbonyl (C=S) groups is 2. The Morgan fingerprint density at radius 1 is 0.417 bits per heavy atom. The molecule has 274 valence electrons. The summed E-state index contributed by atoms with van der Waals surface area (Å²) in [6.45, 7) is 4.60.